The van der Waals surface area contributed by atoms with Crippen molar-refractivity contribution in [1.29, 1.82) is 0 Å². The van der Waals surface area contributed by atoms with Gasteiger partial charge in [0.2, 0.25) is 10.0 Å². The largest absolute Gasteiger partial charge is 0.312 e. The molecule has 0 heterocycles. The van der Waals surface area contributed by atoms with E-state index in [1.165, 1.54) is 0 Å². The highest BCUT2D eigenvalue weighted by atomic mass is 79.9. The molecule has 4 rings (SSSR count). The van der Waals surface area contributed by atoms with Crippen molar-refractivity contribution in [2.45, 2.75) is 17.6 Å². The predicted molar refractivity (Wildman–Crippen MR) is 138 cm³/mol. The van der Waals surface area contributed by atoms with Crippen LogP contribution in [0, 0.1) is 6.92 Å². The van der Waals surface area contributed by atoms with Crippen LogP contribution in [-0.4, -0.2) is 8.42 Å². The van der Waals surface area contributed by atoms with Gasteiger partial charge in [0.1, 0.15) is 5.78 Å². The number of sulfonamides is 1. The van der Waals surface area contributed by atoms with E-state index in [4.69, 9.17) is 0 Å². The van der Waals surface area contributed by atoms with Crippen molar-refractivity contribution in [2.75, 3.05) is 0 Å². The number of halogens is 1. The standard InChI is InChI=1S/C26H23BrNO3PS/c1-20-15-17-25(18-16-20)33(30,31)28-26(21-9-8-10-22(27)19-21)32(29,23-11-4-2-5-12-23)24-13-6-3-7-14-24/h2-19,26,28H,1H3/t26-/m1/s1. The molecular formula is C26H23BrNO3PS. The molecule has 4 aromatic rings. The Morgan fingerprint density at radius 2 is 1.30 bits per heavy atom. The molecule has 0 saturated heterocycles. The molecule has 0 amide bonds. The van der Waals surface area contributed by atoms with E-state index < -0.39 is 22.9 Å². The van der Waals surface area contributed by atoms with Crippen molar-refractivity contribution < 1.29 is 13.0 Å². The second kappa shape index (κ2) is 9.78. The maximum absolute atomic E-state index is 15.0. The van der Waals surface area contributed by atoms with Crippen LogP contribution in [0.5, 0.6) is 0 Å². The van der Waals surface area contributed by atoms with E-state index in [0.29, 0.717) is 16.2 Å². The lowest BCUT2D eigenvalue weighted by atomic mass is 10.2. The molecule has 0 aliphatic heterocycles. The summed E-state index contributed by atoms with van der Waals surface area (Å²) >= 11 is 3.48. The van der Waals surface area contributed by atoms with Crippen LogP contribution in [0.3, 0.4) is 0 Å². The minimum atomic E-state index is -3.97. The molecule has 1 atom stereocenters. The lowest BCUT2D eigenvalue weighted by Gasteiger charge is -2.30. The minimum Gasteiger partial charge on any atom is -0.312 e. The van der Waals surface area contributed by atoms with Gasteiger partial charge in [-0.25, -0.2) is 8.42 Å². The van der Waals surface area contributed by atoms with Gasteiger partial charge >= 0.3 is 0 Å². The smallest absolute Gasteiger partial charge is 0.241 e. The van der Waals surface area contributed by atoms with Crippen LogP contribution in [0.15, 0.2) is 119 Å². The zero-order valence-electron chi connectivity index (χ0n) is 17.9. The van der Waals surface area contributed by atoms with Crippen LogP contribution < -0.4 is 15.3 Å². The van der Waals surface area contributed by atoms with E-state index in [0.717, 1.165) is 10.0 Å². The Balaban J connectivity index is 1.94. The molecular weight excluding hydrogens is 517 g/mol. The summed E-state index contributed by atoms with van der Waals surface area (Å²) < 4.78 is 45.6. The zero-order chi connectivity index (χ0) is 23.5. The van der Waals surface area contributed by atoms with Gasteiger partial charge in [-0.3, -0.25) is 0 Å². The van der Waals surface area contributed by atoms with Gasteiger partial charge in [0, 0.05) is 15.1 Å². The Bertz CT molecular complexity index is 1350. The summed E-state index contributed by atoms with van der Waals surface area (Å²) in [5.41, 5.74) is 1.56. The number of hydrogen-bond donors (Lipinski definition) is 1. The van der Waals surface area contributed by atoms with Gasteiger partial charge in [-0.15, -0.1) is 0 Å². The van der Waals surface area contributed by atoms with Crippen molar-refractivity contribution in [1.82, 2.24) is 4.72 Å². The first-order valence-corrected chi connectivity index (χ1v) is 14.4. The van der Waals surface area contributed by atoms with E-state index in [9.17, 15) is 8.42 Å². The summed E-state index contributed by atoms with van der Waals surface area (Å²) in [5, 5.41) is 1.15. The number of benzene rings is 4. The zero-order valence-corrected chi connectivity index (χ0v) is 21.2. The summed E-state index contributed by atoms with van der Waals surface area (Å²) in [6.45, 7) is 1.90. The summed E-state index contributed by atoms with van der Waals surface area (Å²) in [7, 11) is -7.49. The molecule has 0 radical (unpaired) electrons. The molecule has 0 aromatic heterocycles. The second-order valence-corrected chi connectivity index (χ2v) is 13.2. The van der Waals surface area contributed by atoms with Crippen molar-refractivity contribution in [3.8, 4) is 0 Å². The van der Waals surface area contributed by atoms with E-state index >= 15 is 4.57 Å². The second-order valence-electron chi connectivity index (χ2n) is 7.72. The molecule has 1 N–H and O–H groups in total. The van der Waals surface area contributed by atoms with Crippen LogP contribution in [0.2, 0.25) is 0 Å². The third-order valence-corrected chi connectivity index (χ3v) is 10.8. The summed E-state index contributed by atoms with van der Waals surface area (Å²) in [6.07, 6.45) is 0. The summed E-state index contributed by atoms with van der Waals surface area (Å²) in [5.74, 6) is -1.01. The SMILES string of the molecule is Cc1ccc(S(=O)(=O)N[C@@H](c2cccc(Br)c2)P(=O)(c2ccccc2)c2ccccc2)cc1. The Morgan fingerprint density at radius 3 is 1.82 bits per heavy atom. The fourth-order valence-electron chi connectivity index (χ4n) is 3.71. The molecule has 4 nitrogen and oxygen atoms in total. The van der Waals surface area contributed by atoms with Crippen LogP contribution in [-0.2, 0) is 14.6 Å². The molecule has 0 unspecified atom stereocenters. The average molecular weight is 540 g/mol. The lowest BCUT2D eigenvalue weighted by molar-refractivity contribution is 0.560. The van der Waals surface area contributed by atoms with Crippen LogP contribution >= 0.6 is 23.1 Å². The molecule has 0 bridgehead atoms. The molecule has 0 spiro atoms. The molecule has 33 heavy (non-hydrogen) atoms. The van der Waals surface area contributed by atoms with Gasteiger partial charge in [-0.2, -0.15) is 4.72 Å². The van der Waals surface area contributed by atoms with Gasteiger partial charge < -0.3 is 4.57 Å². The maximum atomic E-state index is 15.0. The summed E-state index contributed by atoms with van der Waals surface area (Å²) in [4.78, 5) is 0.126. The van der Waals surface area contributed by atoms with Gasteiger partial charge in [0.05, 0.1) is 4.90 Å². The Morgan fingerprint density at radius 1 is 0.758 bits per heavy atom. The highest BCUT2D eigenvalue weighted by molar-refractivity contribution is 9.10. The van der Waals surface area contributed by atoms with E-state index in [2.05, 4.69) is 20.7 Å². The predicted octanol–water partition coefficient (Wildman–Crippen LogP) is 5.75. The van der Waals surface area contributed by atoms with Gasteiger partial charge in [-0.05, 0) is 36.8 Å². The summed E-state index contributed by atoms with van der Waals surface area (Å²) in [6, 6.07) is 32.0. The fourth-order valence-corrected chi connectivity index (χ4v) is 8.90. The molecule has 0 aliphatic carbocycles. The van der Waals surface area contributed by atoms with Gasteiger partial charge in [-0.1, -0.05) is 106 Å². The van der Waals surface area contributed by atoms with Crippen molar-refractivity contribution in [3.05, 3.63) is 125 Å². The Labute approximate surface area is 203 Å². The number of aryl methyl sites for hydroxylation is 1. The van der Waals surface area contributed by atoms with Gasteiger partial charge in [0.25, 0.3) is 0 Å². The highest BCUT2D eigenvalue weighted by Crippen LogP contribution is 2.56. The maximum Gasteiger partial charge on any atom is 0.241 e. The average Bonchev–Trinajstić information content (AvgIpc) is 2.83. The van der Waals surface area contributed by atoms with Gasteiger partial charge in [0.15, 0.2) is 7.14 Å². The van der Waals surface area contributed by atoms with Crippen LogP contribution in [0.4, 0.5) is 0 Å². The van der Waals surface area contributed by atoms with Crippen molar-refractivity contribution in [3.63, 3.8) is 0 Å². The normalized spacial score (nSPS) is 12.9. The van der Waals surface area contributed by atoms with E-state index in [1.54, 1.807) is 60.7 Å². The Kier molecular flexibility index (Phi) is 7.01. The minimum absolute atomic E-state index is 0.126. The topological polar surface area (TPSA) is 63.2 Å². The van der Waals surface area contributed by atoms with Crippen LogP contribution in [0.1, 0.15) is 16.9 Å². The Hall–Kier alpha value is -2.50. The lowest BCUT2D eigenvalue weighted by Crippen LogP contribution is -2.34. The van der Waals surface area contributed by atoms with Crippen molar-refractivity contribution >= 4 is 43.7 Å². The molecule has 168 valence electrons. The fraction of sp³-hybridized carbons (Fsp3) is 0.0769. The molecule has 0 fully saturated rings. The molecule has 0 aliphatic rings. The molecule has 0 saturated carbocycles. The third kappa shape index (κ3) is 5.04. The highest BCUT2D eigenvalue weighted by Gasteiger charge is 2.40. The number of hydrogen-bond acceptors (Lipinski definition) is 3. The monoisotopic (exact) mass is 539 g/mol. The third-order valence-electron chi connectivity index (χ3n) is 5.41. The number of rotatable bonds is 7. The van der Waals surface area contributed by atoms with E-state index in [1.807, 2.05) is 55.5 Å². The number of nitrogens with one attached hydrogen (secondary N) is 1. The first kappa shape index (κ1) is 23.7. The van der Waals surface area contributed by atoms with Crippen LogP contribution in [0.25, 0.3) is 0 Å². The first-order valence-electron chi connectivity index (χ1n) is 10.4. The molecule has 4 aromatic carbocycles. The quantitative estimate of drug-likeness (QED) is 0.304. The first-order chi connectivity index (χ1) is 15.8. The van der Waals surface area contributed by atoms with E-state index in [-0.39, 0.29) is 4.90 Å². The van der Waals surface area contributed by atoms with Crippen molar-refractivity contribution in [2.24, 2.45) is 0 Å². The molecule has 7 heteroatoms.